The molecule has 5 rings (SSSR count). The molecule has 0 spiro atoms. The van der Waals surface area contributed by atoms with Crippen LogP contribution >= 0.6 is 0 Å². The summed E-state index contributed by atoms with van der Waals surface area (Å²) in [5.74, 6) is -0.739. The van der Waals surface area contributed by atoms with Gasteiger partial charge in [-0.1, -0.05) is 84.9 Å². The van der Waals surface area contributed by atoms with Gasteiger partial charge in [-0.25, -0.2) is 0 Å². The van der Waals surface area contributed by atoms with Crippen molar-refractivity contribution in [1.82, 2.24) is 10.2 Å². The van der Waals surface area contributed by atoms with Gasteiger partial charge in [-0.05, 0) is 28.6 Å². The van der Waals surface area contributed by atoms with E-state index in [1.165, 1.54) is 4.90 Å². The first kappa shape index (κ1) is 23.3. The number of carbonyl (C=O) groups is 3. The van der Waals surface area contributed by atoms with Crippen LogP contribution in [0.3, 0.4) is 0 Å². The number of carbonyl (C=O) groups excluding carboxylic acids is 3. The minimum atomic E-state index is -0.735. The summed E-state index contributed by atoms with van der Waals surface area (Å²) in [6, 6.07) is 29.8. The first-order valence-electron chi connectivity index (χ1n) is 12.0. The normalized spacial score (nSPS) is 13.0. The molecule has 6 nitrogen and oxygen atoms in total. The van der Waals surface area contributed by atoms with Crippen molar-refractivity contribution in [3.05, 3.63) is 114 Å². The van der Waals surface area contributed by atoms with E-state index in [1.54, 1.807) is 18.0 Å². The lowest BCUT2D eigenvalue weighted by Gasteiger charge is -2.32. The number of rotatable bonds is 8. The van der Waals surface area contributed by atoms with Crippen molar-refractivity contribution in [3.63, 3.8) is 0 Å². The average molecular weight is 478 g/mol. The minimum absolute atomic E-state index is 0.151. The third-order valence-electron chi connectivity index (χ3n) is 6.66. The molecule has 1 atom stereocenters. The van der Waals surface area contributed by atoms with Crippen LogP contribution in [0.4, 0.5) is 5.69 Å². The molecule has 6 heteroatoms. The highest BCUT2D eigenvalue weighted by Crippen LogP contribution is 2.37. The smallest absolute Gasteiger partial charge is 0.259 e. The molecular formula is C30H27N3O3. The summed E-state index contributed by atoms with van der Waals surface area (Å²) in [6.07, 6.45) is 0.364. The molecule has 0 fully saturated rings. The Labute approximate surface area is 210 Å². The number of benzene rings is 4. The van der Waals surface area contributed by atoms with Crippen LogP contribution in [-0.4, -0.2) is 42.3 Å². The van der Waals surface area contributed by atoms with E-state index in [1.807, 2.05) is 91.0 Å². The summed E-state index contributed by atoms with van der Waals surface area (Å²) in [5, 5.41) is 4.55. The second-order valence-electron chi connectivity index (χ2n) is 8.90. The van der Waals surface area contributed by atoms with Gasteiger partial charge in [0.15, 0.2) is 0 Å². The Bertz CT molecular complexity index is 1410. The molecule has 180 valence electrons. The van der Waals surface area contributed by atoms with Gasteiger partial charge < -0.3 is 10.2 Å². The molecule has 1 heterocycles. The zero-order valence-electron chi connectivity index (χ0n) is 20.1. The molecule has 4 aromatic carbocycles. The number of nitrogens with zero attached hydrogens (tertiary/aromatic N) is 2. The maximum atomic E-state index is 13.9. The fourth-order valence-corrected chi connectivity index (χ4v) is 4.86. The molecule has 36 heavy (non-hydrogen) atoms. The number of anilines is 1. The molecule has 0 saturated carbocycles. The Morgan fingerprint density at radius 3 is 2.14 bits per heavy atom. The molecule has 3 amide bonds. The van der Waals surface area contributed by atoms with Crippen molar-refractivity contribution in [1.29, 1.82) is 0 Å². The lowest BCUT2D eigenvalue weighted by Crippen LogP contribution is -2.52. The maximum absolute atomic E-state index is 13.9. The molecule has 0 bridgehead atoms. The van der Waals surface area contributed by atoms with Gasteiger partial charge in [0.25, 0.3) is 5.91 Å². The Hall–Kier alpha value is -4.45. The summed E-state index contributed by atoms with van der Waals surface area (Å²) >= 11 is 0. The molecule has 1 aliphatic heterocycles. The summed E-state index contributed by atoms with van der Waals surface area (Å²) in [6.45, 7) is 0.103. The standard InChI is InChI=1S/C30H27N3O3/c1-31-29(35)26(18-21-10-4-2-5-11-21)32(19-22-12-6-3-7-13-22)27(34)20-33-25-17-9-15-23-14-8-16-24(28(23)25)30(33)36/h2-17,26H,18-20H2,1H3,(H,31,35)/t26-/m1/s1. The second-order valence-corrected chi connectivity index (χ2v) is 8.90. The van der Waals surface area contributed by atoms with Crippen LogP contribution in [0.1, 0.15) is 21.5 Å². The monoisotopic (exact) mass is 477 g/mol. The highest BCUT2D eigenvalue weighted by atomic mass is 16.2. The number of hydrogen-bond acceptors (Lipinski definition) is 3. The van der Waals surface area contributed by atoms with Crippen molar-refractivity contribution >= 4 is 34.2 Å². The molecule has 0 aromatic heterocycles. The molecular weight excluding hydrogens is 450 g/mol. The van der Waals surface area contributed by atoms with E-state index >= 15 is 0 Å². The van der Waals surface area contributed by atoms with Crippen molar-refractivity contribution < 1.29 is 14.4 Å². The largest absolute Gasteiger partial charge is 0.357 e. The third-order valence-corrected chi connectivity index (χ3v) is 6.66. The predicted octanol–water partition coefficient (Wildman–Crippen LogP) is 4.19. The Balaban J connectivity index is 1.49. The summed E-state index contributed by atoms with van der Waals surface area (Å²) in [7, 11) is 1.58. The number of nitrogens with one attached hydrogen (secondary N) is 1. The van der Waals surface area contributed by atoms with E-state index in [4.69, 9.17) is 0 Å². The van der Waals surface area contributed by atoms with Crippen molar-refractivity contribution in [3.8, 4) is 0 Å². The van der Waals surface area contributed by atoms with Gasteiger partial charge in [-0.2, -0.15) is 0 Å². The number of amides is 3. The molecule has 1 aliphatic rings. The Kier molecular flexibility index (Phi) is 6.50. The van der Waals surface area contributed by atoms with Gasteiger partial charge in [-0.3, -0.25) is 19.3 Å². The van der Waals surface area contributed by atoms with E-state index in [2.05, 4.69) is 5.32 Å². The first-order chi connectivity index (χ1) is 17.6. The molecule has 0 saturated heterocycles. The maximum Gasteiger partial charge on any atom is 0.259 e. The summed E-state index contributed by atoms with van der Waals surface area (Å²) in [4.78, 5) is 43.5. The lowest BCUT2D eigenvalue weighted by atomic mass is 10.0. The molecule has 4 aromatic rings. The highest BCUT2D eigenvalue weighted by molar-refractivity contribution is 6.26. The van der Waals surface area contributed by atoms with E-state index in [9.17, 15) is 14.4 Å². The first-order valence-corrected chi connectivity index (χ1v) is 12.0. The highest BCUT2D eigenvalue weighted by Gasteiger charge is 2.35. The minimum Gasteiger partial charge on any atom is -0.357 e. The van der Waals surface area contributed by atoms with Crippen LogP contribution in [0.5, 0.6) is 0 Å². The zero-order valence-corrected chi connectivity index (χ0v) is 20.1. The van der Waals surface area contributed by atoms with Crippen molar-refractivity contribution in [2.45, 2.75) is 19.0 Å². The van der Waals surface area contributed by atoms with E-state index in [-0.39, 0.29) is 30.8 Å². The van der Waals surface area contributed by atoms with Gasteiger partial charge in [0, 0.05) is 31.0 Å². The van der Waals surface area contributed by atoms with Gasteiger partial charge >= 0.3 is 0 Å². The fourth-order valence-electron chi connectivity index (χ4n) is 4.86. The lowest BCUT2D eigenvalue weighted by molar-refractivity contribution is -0.140. The topological polar surface area (TPSA) is 69.7 Å². The van der Waals surface area contributed by atoms with Crippen LogP contribution in [0.15, 0.2) is 97.1 Å². The van der Waals surface area contributed by atoms with Gasteiger partial charge in [0.1, 0.15) is 12.6 Å². The van der Waals surface area contributed by atoms with E-state index in [0.29, 0.717) is 12.0 Å². The predicted molar refractivity (Wildman–Crippen MR) is 141 cm³/mol. The average Bonchev–Trinajstić information content (AvgIpc) is 3.19. The van der Waals surface area contributed by atoms with Gasteiger partial charge in [0.05, 0.1) is 5.69 Å². The van der Waals surface area contributed by atoms with E-state index in [0.717, 1.165) is 27.6 Å². The zero-order chi connectivity index (χ0) is 25.1. The molecule has 0 aliphatic carbocycles. The quantitative estimate of drug-likeness (QED) is 0.414. The van der Waals surface area contributed by atoms with Crippen LogP contribution < -0.4 is 10.2 Å². The number of likely N-dealkylation sites (N-methyl/N-ethyl adjacent to an activating group) is 1. The van der Waals surface area contributed by atoms with Gasteiger partial charge in [0.2, 0.25) is 11.8 Å². The van der Waals surface area contributed by atoms with Crippen molar-refractivity contribution in [2.24, 2.45) is 0 Å². The Morgan fingerprint density at radius 1 is 0.833 bits per heavy atom. The summed E-state index contributed by atoms with van der Waals surface area (Å²) in [5.41, 5.74) is 3.18. The summed E-state index contributed by atoms with van der Waals surface area (Å²) < 4.78 is 0. The van der Waals surface area contributed by atoms with Crippen molar-refractivity contribution in [2.75, 3.05) is 18.5 Å². The Morgan fingerprint density at radius 2 is 1.47 bits per heavy atom. The SMILES string of the molecule is CNC(=O)[C@@H](Cc1ccccc1)N(Cc1ccccc1)C(=O)CN1C(=O)c2cccc3cccc1c23. The van der Waals surface area contributed by atoms with E-state index < -0.39 is 6.04 Å². The second kappa shape index (κ2) is 10.0. The third kappa shape index (κ3) is 4.45. The van der Waals surface area contributed by atoms with Crippen LogP contribution in [0.2, 0.25) is 0 Å². The molecule has 0 unspecified atom stereocenters. The fraction of sp³-hybridized carbons (Fsp3) is 0.167. The number of hydrogen-bond donors (Lipinski definition) is 1. The molecule has 0 radical (unpaired) electrons. The van der Waals surface area contributed by atoms with Crippen LogP contribution in [-0.2, 0) is 22.6 Å². The van der Waals surface area contributed by atoms with Crippen LogP contribution in [0, 0.1) is 0 Å². The molecule has 1 N–H and O–H groups in total. The van der Waals surface area contributed by atoms with Gasteiger partial charge in [-0.15, -0.1) is 0 Å². The van der Waals surface area contributed by atoms with Crippen LogP contribution in [0.25, 0.3) is 10.8 Å².